The zero-order valence-electron chi connectivity index (χ0n) is 14.6. The Balaban J connectivity index is 1.85. The standard InChI is InChI=1S/C22H19NO3/c1-12-7-8-16(13(2)11-12)23-17-9-10-18(24)20-19(17)21(25)14-5-3-4-6-15(14)22(20)26/h3-11,14-15,23-24H,1-2H3/t14-,15+/m0/s1. The fraction of sp³-hybridized carbons (Fsp3) is 0.182. The van der Waals surface area contributed by atoms with Gasteiger partial charge in [-0.2, -0.15) is 0 Å². The lowest BCUT2D eigenvalue weighted by molar-refractivity contribution is 0.0799. The third-order valence-corrected chi connectivity index (χ3v) is 5.07. The predicted molar refractivity (Wildman–Crippen MR) is 101 cm³/mol. The second kappa shape index (κ2) is 5.99. The van der Waals surface area contributed by atoms with Gasteiger partial charge in [0.15, 0.2) is 11.6 Å². The third-order valence-electron chi connectivity index (χ3n) is 5.07. The van der Waals surface area contributed by atoms with Gasteiger partial charge in [-0.3, -0.25) is 9.59 Å². The quantitative estimate of drug-likeness (QED) is 0.787. The van der Waals surface area contributed by atoms with Gasteiger partial charge in [-0.1, -0.05) is 42.0 Å². The summed E-state index contributed by atoms with van der Waals surface area (Å²) >= 11 is 0. The van der Waals surface area contributed by atoms with Crippen molar-refractivity contribution in [2.24, 2.45) is 11.8 Å². The Kier molecular flexibility index (Phi) is 3.76. The van der Waals surface area contributed by atoms with Crippen LogP contribution in [0.3, 0.4) is 0 Å². The van der Waals surface area contributed by atoms with Crippen molar-refractivity contribution >= 4 is 22.9 Å². The van der Waals surface area contributed by atoms with E-state index in [2.05, 4.69) is 5.32 Å². The molecule has 130 valence electrons. The molecule has 4 nitrogen and oxygen atoms in total. The first-order valence-electron chi connectivity index (χ1n) is 8.61. The van der Waals surface area contributed by atoms with E-state index in [9.17, 15) is 14.7 Å². The number of phenolic OH excluding ortho intramolecular Hbond substituents is 1. The first-order valence-corrected chi connectivity index (χ1v) is 8.61. The normalized spacial score (nSPS) is 20.7. The number of hydrogen-bond acceptors (Lipinski definition) is 4. The molecule has 26 heavy (non-hydrogen) atoms. The topological polar surface area (TPSA) is 66.4 Å². The monoisotopic (exact) mass is 345 g/mol. The molecular weight excluding hydrogens is 326 g/mol. The minimum Gasteiger partial charge on any atom is -0.507 e. The molecule has 2 N–H and O–H groups in total. The van der Waals surface area contributed by atoms with Crippen LogP contribution in [0, 0.1) is 25.7 Å². The number of ketones is 2. The summed E-state index contributed by atoms with van der Waals surface area (Å²) in [5, 5.41) is 13.5. The lowest BCUT2D eigenvalue weighted by Gasteiger charge is -2.30. The minimum absolute atomic E-state index is 0.117. The minimum atomic E-state index is -0.540. The Morgan fingerprint density at radius 2 is 1.46 bits per heavy atom. The maximum atomic E-state index is 13.1. The number of nitrogens with one attached hydrogen (secondary N) is 1. The van der Waals surface area contributed by atoms with Crippen molar-refractivity contribution in [2.75, 3.05) is 5.32 Å². The van der Waals surface area contributed by atoms with E-state index < -0.39 is 11.8 Å². The molecule has 0 aliphatic heterocycles. The van der Waals surface area contributed by atoms with Crippen molar-refractivity contribution in [1.29, 1.82) is 0 Å². The number of aromatic hydroxyl groups is 1. The number of carbonyl (C=O) groups is 2. The van der Waals surface area contributed by atoms with Crippen LogP contribution in [0.15, 0.2) is 54.6 Å². The van der Waals surface area contributed by atoms with Gasteiger partial charge in [-0.05, 0) is 37.6 Å². The summed E-state index contributed by atoms with van der Waals surface area (Å²) < 4.78 is 0. The summed E-state index contributed by atoms with van der Waals surface area (Å²) in [5.41, 5.74) is 3.99. The van der Waals surface area contributed by atoms with Gasteiger partial charge in [0, 0.05) is 5.69 Å². The lowest BCUT2D eigenvalue weighted by Crippen LogP contribution is -2.35. The van der Waals surface area contributed by atoms with Crippen LogP contribution >= 0.6 is 0 Å². The maximum absolute atomic E-state index is 13.1. The highest BCUT2D eigenvalue weighted by molar-refractivity contribution is 6.21. The van der Waals surface area contributed by atoms with Gasteiger partial charge in [0.05, 0.1) is 28.7 Å². The zero-order valence-corrected chi connectivity index (χ0v) is 14.6. The van der Waals surface area contributed by atoms with E-state index in [4.69, 9.17) is 0 Å². The Bertz CT molecular complexity index is 1000. The molecule has 2 aromatic carbocycles. The van der Waals surface area contributed by atoms with Gasteiger partial charge in [0.2, 0.25) is 0 Å². The Hall–Kier alpha value is -3.14. The average Bonchev–Trinajstić information content (AvgIpc) is 2.63. The van der Waals surface area contributed by atoms with E-state index in [1.807, 2.05) is 32.0 Å². The fourth-order valence-electron chi connectivity index (χ4n) is 3.74. The number of phenols is 1. The zero-order chi connectivity index (χ0) is 18.4. The van der Waals surface area contributed by atoms with Crippen LogP contribution in [-0.4, -0.2) is 16.7 Å². The van der Waals surface area contributed by atoms with E-state index in [0.29, 0.717) is 5.69 Å². The van der Waals surface area contributed by atoms with Gasteiger partial charge >= 0.3 is 0 Å². The Labute approximate surface area is 151 Å². The van der Waals surface area contributed by atoms with Crippen LogP contribution in [0.5, 0.6) is 5.75 Å². The SMILES string of the molecule is Cc1ccc(Nc2ccc(O)c3c2C(=O)[C@H]2C=CC=C[C@H]2C3=O)c(C)c1. The van der Waals surface area contributed by atoms with Crippen molar-refractivity contribution in [1.82, 2.24) is 0 Å². The first kappa shape index (κ1) is 16.3. The molecular formula is C22H19NO3. The van der Waals surface area contributed by atoms with Crippen LogP contribution < -0.4 is 5.32 Å². The van der Waals surface area contributed by atoms with E-state index in [1.54, 1.807) is 30.4 Å². The second-order valence-corrected chi connectivity index (χ2v) is 6.88. The lowest BCUT2D eigenvalue weighted by atomic mass is 9.71. The summed E-state index contributed by atoms with van der Waals surface area (Å²) in [6.07, 6.45) is 7.06. The van der Waals surface area contributed by atoms with E-state index in [1.165, 1.54) is 6.07 Å². The highest BCUT2D eigenvalue weighted by Gasteiger charge is 2.42. The number of allylic oxidation sites excluding steroid dienone is 4. The highest BCUT2D eigenvalue weighted by atomic mass is 16.3. The third kappa shape index (κ3) is 2.46. The molecule has 2 aliphatic carbocycles. The first-order chi connectivity index (χ1) is 12.5. The Morgan fingerprint density at radius 3 is 2.12 bits per heavy atom. The number of aryl methyl sites for hydroxylation is 2. The molecule has 0 saturated heterocycles. The second-order valence-electron chi connectivity index (χ2n) is 6.88. The molecule has 0 aromatic heterocycles. The number of Topliss-reactive ketones (excluding diaryl/α,β-unsaturated/α-hetero) is 2. The van der Waals surface area contributed by atoms with Crippen molar-refractivity contribution in [2.45, 2.75) is 13.8 Å². The summed E-state index contributed by atoms with van der Waals surface area (Å²) in [6.45, 7) is 4.00. The van der Waals surface area contributed by atoms with Crippen LogP contribution in [0.1, 0.15) is 31.8 Å². The molecule has 0 unspecified atom stereocenters. The maximum Gasteiger partial charge on any atom is 0.175 e. The van der Waals surface area contributed by atoms with Crippen molar-refractivity contribution in [3.8, 4) is 5.75 Å². The number of anilines is 2. The molecule has 0 saturated carbocycles. The fourth-order valence-corrected chi connectivity index (χ4v) is 3.74. The molecule has 4 heteroatoms. The molecule has 0 amide bonds. The van der Waals surface area contributed by atoms with E-state index in [-0.39, 0.29) is 28.4 Å². The summed E-state index contributed by atoms with van der Waals surface area (Å²) in [6, 6.07) is 9.11. The smallest absolute Gasteiger partial charge is 0.175 e. The van der Waals surface area contributed by atoms with Crippen LogP contribution in [0.25, 0.3) is 0 Å². The van der Waals surface area contributed by atoms with E-state index >= 15 is 0 Å². The largest absolute Gasteiger partial charge is 0.507 e. The van der Waals surface area contributed by atoms with Crippen molar-refractivity contribution in [3.63, 3.8) is 0 Å². The molecule has 0 bridgehead atoms. The Morgan fingerprint density at radius 1 is 0.846 bits per heavy atom. The molecule has 2 atom stereocenters. The van der Waals surface area contributed by atoms with Crippen molar-refractivity contribution in [3.05, 3.63) is 76.9 Å². The van der Waals surface area contributed by atoms with Gasteiger partial charge in [0.1, 0.15) is 5.75 Å². The van der Waals surface area contributed by atoms with Gasteiger partial charge < -0.3 is 10.4 Å². The van der Waals surface area contributed by atoms with Crippen molar-refractivity contribution < 1.29 is 14.7 Å². The molecule has 0 heterocycles. The highest BCUT2D eigenvalue weighted by Crippen LogP contribution is 2.41. The molecule has 0 spiro atoms. The van der Waals surface area contributed by atoms with Gasteiger partial charge in [0.25, 0.3) is 0 Å². The van der Waals surface area contributed by atoms with Crippen LogP contribution in [-0.2, 0) is 0 Å². The molecule has 4 rings (SSSR count). The number of hydrogen-bond donors (Lipinski definition) is 2. The molecule has 2 aliphatic rings. The van der Waals surface area contributed by atoms with Crippen LogP contribution in [0.4, 0.5) is 11.4 Å². The van der Waals surface area contributed by atoms with Crippen LogP contribution in [0.2, 0.25) is 0 Å². The molecule has 2 aromatic rings. The molecule has 0 radical (unpaired) electrons. The average molecular weight is 345 g/mol. The van der Waals surface area contributed by atoms with E-state index in [0.717, 1.165) is 16.8 Å². The number of carbonyl (C=O) groups excluding carboxylic acids is 2. The van der Waals surface area contributed by atoms with Gasteiger partial charge in [-0.15, -0.1) is 0 Å². The number of fused-ring (bicyclic) bond motifs is 2. The number of rotatable bonds is 2. The predicted octanol–water partition coefficient (Wildman–Crippen LogP) is 4.49. The molecule has 0 fully saturated rings. The summed E-state index contributed by atoms with van der Waals surface area (Å²) in [5.74, 6) is -1.56. The number of benzene rings is 2. The van der Waals surface area contributed by atoms with Gasteiger partial charge in [-0.25, -0.2) is 0 Å². The summed E-state index contributed by atoms with van der Waals surface area (Å²) in [7, 11) is 0. The summed E-state index contributed by atoms with van der Waals surface area (Å²) in [4.78, 5) is 26.0.